The first-order valence-corrected chi connectivity index (χ1v) is 12.1. The fourth-order valence-electron chi connectivity index (χ4n) is 5.15. The van der Waals surface area contributed by atoms with Gasteiger partial charge in [0.25, 0.3) is 0 Å². The zero-order valence-electron chi connectivity index (χ0n) is 20.4. The molecular formula is C26H33N5O3. The van der Waals surface area contributed by atoms with Crippen LogP contribution in [0, 0.1) is 5.41 Å². The smallest absolute Gasteiger partial charge is 0.249 e. The van der Waals surface area contributed by atoms with Gasteiger partial charge in [-0.25, -0.2) is 0 Å². The van der Waals surface area contributed by atoms with Gasteiger partial charge in [-0.1, -0.05) is 19.9 Å². The third-order valence-corrected chi connectivity index (χ3v) is 7.10. The Balaban J connectivity index is 1.39. The Kier molecular flexibility index (Phi) is 5.72. The molecule has 2 aromatic heterocycles. The van der Waals surface area contributed by atoms with E-state index in [4.69, 9.17) is 4.74 Å². The lowest BCUT2D eigenvalue weighted by atomic mass is 9.76. The number of benzene rings is 1. The van der Waals surface area contributed by atoms with E-state index in [9.17, 15) is 9.59 Å². The molecule has 2 aliphatic rings. The van der Waals surface area contributed by atoms with E-state index in [-0.39, 0.29) is 31.1 Å². The lowest BCUT2D eigenvalue weighted by Gasteiger charge is -2.32. The predicted octanol–water partition coefficient (Wildman–Crippen LogP) is 3.67. The second-order valence-electron chi connectivity index (χ2n) is 10.4. The molecule has 1 fully saturated rings. The monoisotopic (exact) mass is 463 g/mol. The Hall–Kier alpha value is -3.13. The molecule has 8 nitrogen and oxygen atoms in total. The topological polar surface area (TPSA) is 94.3 Å². The normalized spacial score (nSPS) is 19.9. The Morgan fingerprint density at radius 2 is 2.15 bits per heavy atom. The van der Waals surface area contributed by atoms with Crippen LogP contribution in [-0.4, -0.2) is 64.2 Å². The quantitative estimate of drug-likeness (QED) is 0.604. The van der Waals surface area contributed by atoms with Crippen LogP contribution in [0.25, 0.3) is 22.3 Å². The van der Waals surface area contributed by atoms with E-state index in [0.717, 1.165) is 47.2 Å². The van der Waals surface area contributed by atoms with Gasteiger partial charge in [0.05, 0.1) is 11.8 Å². The summed E-state index contributed by atoms with van der Waals surface area (Å²) in [5.74, 6) is -0.238. The maximum atomic E-state index is 13.1. The molecule has 2 amide bonds. The number of rotatable bonds is 5. The van der Waals surface area contributed by atoms with Crippen LogP contribution in [0.15, 0.2) is 24.3 Å². The van der Waals surface area contributed by atoms with Crippen molar-refractivity contribution in [3.05, 3.63) is 35.5 Å². The van der Waals surface area contributed by atoms with E-state index in [1.54, 1.807) is 9.80 Å². The molecular weight excluding hydrogens is 430 g/mol. The summed E-state index contributed by atoms with van der Waals surface area (Å²) in [6, 6.07) is 8.13. The van der Waals surface area contributed by atoms with Crippen molar-refractivity contribution in [1.82, 2.24) is 20.1 Å². The van der Waals surface area contributed by atoms with Gasteiger partial charge in [-0.05, 0) is 56.7 Å². The number of anilines is 1. The summed E-state index contributed by atoms with van der Waals surface area (Å²) in [6.45, 7) is 9.52. The Morgan fingerprint density at radius 3 is 2.94 bits per heavy atom. The molecule has 3 aromatic rings. The molecule has 5 rings (SSSR count). The highest BCUT2D eigenvalue weighted by Crippen LogP contribution is 2.38. The van der Waals surface area contributed by atoms with Gasteiger partial charge >= 0.3 is 0 Å². The number of nitrogens with one attached hydrogen (secondary N) is 2. The molecule has 180 valence electrons. The number of morpholine rings is 1. The zero-order valence-corrected chi connectivity index (χ0v) is 20.4. The highest BCUT2D eigenvalue weighted by atomic mass is 16.5. The highest BCUT2D eigenvalue weighted by molar-refractivity contribution is 5.99. The van der Waals surface area contributed by atoms with Crippen LogP contribution >= 0.6 is 0 Å². The van der Waals surface area contributed by atoms with E-state index in [0.29, 0.717) is 18.5 Å². The molecule has 34 heavy (non-hydrogen) atoms. The maximum absolute atomic E-state index is 13.1. The number of aromatic amines is 2. The molecule has 3 heterocycles. The largest absolute Gasteiger partial charge is 0.367 e. The molecule has 0 radical (unpaired) electrons. The number of carbonyl (C=O) groups excluding carboxylic acids is 2. The van der Waals surface area contributed by atoms with Crippen LogP contribution in [0.4, 0.5) is 5.69 Å². The summed E-state index contributed by atoms with van der Waals surface area (Å²) < 4.78 is 5.37. The van der Waals surface area contributed by atoms with Crippen LogP contribution in [0.2, 0.25) is 0 Å². The maximum Gasteiger partial charge on any atom is 0.249 e. The SMILES string of the molecule is CCN(C(=O)CN1C[C@@H](C)OCC1=O)c1ccc2cc(-c3n[nH]c4c3CCC(C)(C)C4)[nH]c2c1. The third-order valence-electron chi connectivity index (χ3n) is 7.10. The van der Waals surface area contributed by atoms with Crippen molar-refractivity contribution in [2.75, 3.05) is 31.1 Å². The van der Waals surface area contributed by atoms with Gasteiger partial charge in [-0.2, -0.15) is 5.10 Å². The van der Waals surface area contributed by atoms with E-state index < -0.39 is 0 Å². The summed E-state index contributed by atoms with van der Waals surface area (Å²) >= 11 is 0. The van der Waals surface area contributed by atoms with Gasteiger partial charge in [0, 0.05) is 40.9 Å². The van der Waals surface area contributed by atoms with Crippen LogP contribution in [0.5, 0.6) is 0 Å². The van der Waals surface area contributed by atoms with Crippen molar-refractivity contribution in [2.45, 2.75) is 53.1 Å². The van der Waals surface area contributed by atoms with Gasteiger partial charge in [0.2, 0.25) is 11.8 Å². The van der Waals surface area contributed by atoms with Crippen molar-refractivity contribution >= 4 is 28.4 Å². The van der Waals surface area contributed by atoms with Crippen molar-refractivity contribution in [3.8, 4) is 11.4 Å². The predicted molar refractivity (Wildman–Crippen MR) is 132 cm³/mol. The molecule has 1 aromatic carbocycles. The van der Waals surface area contributed by atoms with Crippen LogP contribution < -0.4 is 4.90 Å². The minimum Gasteiger partial charge on any atom is -0.367 e. The molecule has 0 unspecified atom stereocenters. The number of ether oxygens (including phenoxy) is 1. The lowest BCUT2D eigenvalue weighted by Crippen LogP contribution is -2.50. The van der Waals surface area contributed by atoms with Gasteiger partial charge in [-0.3, -0.25) is 14.7 Å². The average molecular weight is 464 g/mol. The fraction of sp³-hybridized carbons (Fsp3) is 0.500. The van der Waals surface area contributed by atoms with Gasteiger partial charge < -0.3 is 19.5 Å². The van der Waals surface area contributed by atoms with Crippen molar-refractivity contribution in [1.29, 1.82) is 0 Å². The first kappa shape index (κ1) is 22.7. The summed E-state index contributed by atoms with van der Waals surface area (Å²) in [5.41, 5.74) is 6.60. The molecule has 0 saturated carbocycles. The number of carbonyl (C=O) groups is 2. The summed E-state index contributed by atoms with van der Waals surface area (Å²) in [7, 11) is 0. The van der Waals surface area contributed by atoms with Crippen molar-refractivity contribution < 1.29 is 14.3 Å². The van der Waals surface area contributed by atoms with Crippen molar-refractivity contribution in [2.24, 2.45) is 5.41 Å². The Labute approximate surface area is 199 Å². The number of aromatic nitrogens is 3. The van der Waals surface area contributed by atoms with Gasteiger partial charge in [-0.15, -0.1) is 0 Å². The number of H-pyrrole nitrogens is 2. The number of amides is 2. The molecule has 2 N–H and O–H groups in total. The number of fused-ring (bicyclic) bond motifs is 2. The van der Waals surface area contributed by atoms with Crippen LogP contribution in [0.1, 0.15) is 45.4 Å². The van der Waals surface area contributed by atoms with Crippen LogP contribution in [-0.2, 0) is 27.2 Å². The second-order valence-corrected chi connectivity index (χ2v) is 10.4. The van der Waals surface area contributed by atoms with E-state index in [1.165, 1.54) is 11.3 Å². The average Bonchev–Trinajstić information content (AvgIpc) is 3.39. The van der Waals surface area contributed by atoms with Crippen LogP contribution in [0.3, 0.4) is 0 Å². The Bertz CT molecular complexity index is 1240. The molecule has 1 aliphatic heterocycles. The summed E-state index contributed by atoms with van der Waals surface area (Å²) in [5, 5.41) is 8.98. The standard InChI is InChI=1S/C26H33N5O3/c1-5-31(23(32)14-30-13-16(2)34-15-24(30)33)18-7-6-17-10-21(27-20(17)11-18)25-19-8-9-26(3,4)12-22(19)28-29-25/h6-7,10-11,16,27H,5,8-9,12-15H2,1-4H3,(H,28,29)/t16-/m1/s1. The van der Waals surface area contributed by atoms with E-state index in [2.05, 4.69) is 35.1 Å². The molecule has 8 heteroatoms. The minimum atomic E-state index is -0.141. The van der Waals surface area contributed by atoms with E-state index >= 15 is 0 Å². The van der Waals surface area contributed by atoms with Gasteiger partial charge in [0.15, 0.2) is 0 Å². The molecule has 1 aliphatic carbocycles. The Morgan fingerprint density at radius 1 is 1.32 bits per heavy atom. The summed E-state index contributed by atoms with van der Waals surface area (Å²) in [6.07, 6.45) is 3.12. The minimum absolute atomic E-state index is 0.0339. The number of nitrogens with zero attached hydrogens (tertiary/aromatic N) is 3. The molecule has 1 saturated heterocycles. The second kappa shape index (κ2) is 8.58. The summed E-state index contributed by atoms with van der Waals surface area (Å²) in [4.78, 5) is 32.1. The van der Waals surface area contributed by atoms with Gasteiger partial charge in [0.1, 0.15) is 18.8 Å². The molecule has 1 atom stereocenters. The zero-order chi connectivity index (χ0) is 24.0. The third kappa shape index (κ3) is 4.22. The fourth-order valence-corrected chi connectivity index (χ4v) is 5.15. The first-order chi connectivity index (χ1) is 16.2. The highest BCUT2D eigenvalue weighted by Gasteiger charge is 2.30. The molecule has 0 spiro atoms. The number of hydrogen-bond acceptors (Lipinski definition) is 4. The first-order valence-electron chi connectivity index (χ1n) is 12.1. The lowest BCUT2D eigenvalue weighted by molar-refractivity contribution is -0.150. The number of hydrogen-bond donors (Lipinski definition) is 2. The van der Waals surface area contributed by atoms with Crippen molar-refractivity contribution in [3.63, 3.8) is 0 Å². The number of likely N-dealkylation sites (N-methyl/N-ethyl adjacent to an activating group) is 1. The van der Waals surface area contributed by atoms with E-state index in [1.807, 2.05) is 32.0 Å². The molecule has 0 bridgehead atoms.